The van der Waals surface area contributed by atoms with E-state index in [2.05, 4.69) is 15.0 Å². The lowest BCUT2D eigenvalue weighted by molar-refractivity contribution is 0.0563. The Bertz CT molecular complexity index is 493. The third-order valence-electron chi connectivity index (χ3n) is 2.39. The van der Waals surface area contributed by atoms with Crippen LogP contribution in [0.1, 0.15) is 22.0 Å². The van der Waals surface area contributed by atoms with Crippen molar-refractivity contribution in [1.82, 2.24) is 10.3 Å². The Hall–Kier alpha value is -1.66. The van der Waals surface area contributed by atoms with Crippen molar-refractivity contribution in [2.45, 2.75) is 13.0 Å². The molecule has 96 valence electrons. The summed E-state index contributed by atoms with van der Waals surface area (Å²) in [5.74, 6) is 0.492. The Morgan fingerprint density at radius 3 is 3.17 bits per heavy atom. The molecule has 18 heavy (non-hydrogen) atoms. The van der Waals surface area contributed by atoms with E-state index in [1.54, 1.807) is 23.5 Å². The van der Waals surface area contributed by atoms with Crippen molar-refractivity contribution in [3.8, 4) is 0 Å². The van der Waals surface area contributed by atoms with Crippen LogP contribution in [0.15, 0.2) is 27.4 Å². The fourth-order valence-corrected chi connectivity index (χ4v) is 2.07. The zero-order chi connectivity index (χ0) is 12.8. The summed E-state index contributed by atoms with van der Waals surface area (Å²) >= 11 is 1.59. The average molecular weight is 266 g/mol. The Morgan fingerprint density at radius 2 is 2.44 bits per heavy atom. The fourth-order valence-electron chi connectivity index (χ4n) is 1.47. The van der Waals surface area contributed by atoms with Gasteiger partial charge in [-0.05, 0) is 12.1 Å². The standard InChI is InChI=1S/C12H14N2O3S/c1-16-12(15)11-3-2-10(17-11)6-13-5-4-9-7-18-8-14-9/h2-3,7-8,13H,4-6H2,1H3. The molecule has 6 heteroatoms. The normalized spacial score (nSPS) is 10.5. The van der Waals surface area contributed by atoms with Gasteiger partial charge in [-0.1, -0.05) is 0 Å². The van der Waals surface area contributed by atoms with E-state index in [9.17, 15) is 4.79 Å². The van der Waals surface area contributed by atoms with Crippen LogP contribution in [0.25, 0.3) is 0 Å². The molecule has 2 aromatic rings. The smallest absolute Gasteiger partial charge is 0.373 e. The number of rotatable bonds is 6. The first-order valence-electron chi connectivity index (χ1n) is 5.54. The lowest BCUT2D eigenvalue weighted by Crippen LogP contribution is -2.16. The number of carbonyl (C=O) groups excluding carboxylic acids is 1. The molecule has 5 nitrogen and oxygen atoms in total. The minimum atomic E-state index is -0.455. The van der Waals surface area contributed by atoms with Crippen LogP contribution in [0, 0.1) is 0 Å². The molecule has 2 heterocycles. The van der Waals surface area contributed by atoms with Crippen molar-refractivity contribution in [3.63, 3.8) is 0 Å². The number of hydrogen-bond donors (Lipinski definition) is 1. The summed E-state index contributed by atoms with van der Waals surface area (Å²) in [7, 11) is 1.33. The summed E-state index contributed by atoms with van der Waals surface area (Å²) in [5.41, 5.74) is 2.91. The van der Waals surface area contributed by atoms with Crippen LogP contribution in [0.3, 0.4) is 0 Å². The van der Waals surface area contributed by atoms with Crippen LogP contribution in [0.2, 0.25) is 0 Å². The van der Waals surface area contributed by atoms with Crippen molar-refractivity contribution >= 4 is 17.3 Å². The van der Waals surface area contributed by atoms with Gasteiger partial charge in [0.25, 0.3) is 0 Å². The van der Waals surface area contributed by atoms with Crippen LogP contribution in [-0.4, -0.2) is 24.6 Å². The molecule has 0 aliphatic rings. The molecule has 0 aromatic carbocycles. The Morgan fingerprint density at radius 1 is 1.56 bits per heavy atom. The summed E-state index contributed by atoms with van der Waals surface area (Å²) < 4.78 is 9.89. The molecule has 0 unspecified atom stereocenters. The van der Waals surface area contributed by atoms with E-state index in [4.69, 9.17) is 4.42 Å². The molecular weight excluding hydrogens is 252 g/mol. The molecule has 0 aliphatic carbocycles. The maximum Gasteiger partial charge on any atom is 0.373 e. The first-order valence-corrected chi connectivity index (χ1v) is 6.48. The third-order valence-corrected chi connectivity index (χ3v) is 3.02. The minimum absolute atomic E-state index is 0.230. The summed E-state index contributed by atoms with van der Waals surface area (Å²) in [5, 5.41) is 5.26. The highest BCUT2D eigenvalue weighted by atomic mass is 32.1. The molecule has 0 radical (unpaired) electrons. The zero-order valence-corrected chi connectivity index (χ0v) is 10.8. The van der Waals surface area contributed by atoms with Gasteiger partial charge in [0.15, 0.2) is 0 Å². The number of furan rings is 1. The Labute approximate surface area is 109 Å². The summed E-state index contributed by atoms with van der Waals surface area (Å²) in [6.45, 7) is 1.40. The quantitative estimate of drug-likeness (QED) is 0.638. The topological polar surface area (TPSA) is 64.4 Å². The molecule has 0 fully saturated rings. The number of thiazole rings is 1. The second kappa shape index (κ2) is 6.32. The maximum atomic E-state index is 11.2. The Balaban J connectivity index is 1.73. The monoisotopic (exact) mass is 266 g/mol. The van der Waals surface area contributed by atoms with Crippen molar-refractivity contribution in [1.29, 1.82) is 0 Å². The summed E-state index contributed by atoms with van der Waals surface area (Å²) in [4.78, 5) is 15.4. The van der Waals surface area contributed by atoms with Gasteiger partial charge in [-0.15, -0.1) is 11.3 Å². The number of nitrogens with zero attached hydrogens (tertiary/aromatic N) is 1. The first-order chi connectivity index (χ1) is 8.79. The van der Waals surface area contributed by atoms with Gasteiger partial charge in [-0.3, -0.25) is 0 Å². The highest BCUT2D eigenvalue weighted by molar-refractivity contribution is 7.07. The van der Waals surface area contributed by atoms with E-state index in [1.165, 1.54) is 7.11 Å². The van der Waals surface area contributed by atoms with Gasteiger partial charge < -0.3 is 14.5 Å². The van der Waals surface area contributed by atoms with Gasteiger partial charge in [0.2, 0.25) is 5.76 Å². The summed E-state index contributed by atoms with van der Waals surface area (Å²) in [6.07, 6.45) is 0.883. The molecule has 0 saturated heterocycles. The lowest BCUT2D eigenvalue weighted by Gasteiger charge is -2.00. The fraction of sp³-hybridized carbons (Fsp3) is 0.333. The maximum absolute atomic E-state index is 11.2. The number of ether oxygens (including phenoxy) is 1. The second-order valence-electron chi connectivity index (χ2n) is 3.66. The van der Waals surface area contributed by atoms with E-state index in [-0.39, 0.29) is 5.76 Å². The molecule has 0 bridgehead atoms. The predicted octanol–water partition coefficient (Wildman–Crippen LogP) is 1.85. The van der Waals surface area contributed by atoms with Gasteiger partial charge >= 0.3 is 5.97 Å². The molecule has 0 atom stereocenters. The molecule has 0 spiro atoms. The van der Waals surface area contributed by atoms with Crippen LogP contribution >= 0.6 is 11.3 Å². The number of carbonyl (C=O) groups is 1. The highest BCUT2D eigenvalue weighted by Crippen LogP contribution is 2.08. The van der Waals surface area contributed by atoms with Crippen molar-refractivity contribution in [3.05, 3.63) is 40.2 Å². The van der Waals surface area contributed by atoms with E-state index in [0.29, 0.717) is 12.3 Å². The van der Waals surface area contributed by atoms with Crippen molar-refractivity contribution < 1.29 is 13.9 Å². The SMILES string of the molecule is COC(=O)c1ccc(CNCCc2cscn2)o1. The zero-order valence-electron chi connectivity index (χ0n) is 10.0. The van der Waals surface area contributed by atoms with Crippen LogP contribution in [-0.2, 0) is 17.7 Å². The molecule has 1 N–H and O–H groups in total. The van der Waals surface area contributed by atoms with Crippen LogP contribution in [0.5, 0.6) is 0 Å². The van der Waals surface area contributed by atoms with E-state index >= 15 is 0 Å². The highest BCUT2D eigenvalue weighted by Gasteiger charge is 2.10. The number of esters is 1. The molecular formula is C12H14N2O3S. The molecule has 0 amide bonds. The van der Waals surface area contributed by atoms with Gasteiger partial charge in [-0.25, -0.2) is 9.78 Å². The number of hydrogen-bond acceptors (Lipinski definition) is 6. The van der Waals surface area contributed by atoms with E-state index in [0.717, 1.165) is 18.7 Å². The largest absolute Gasteiger partial charge is 0.463 e. The minimum Gasteiger partial charge on any atom is -0.463 e. The molecule has 0 aliphatic heterocycles. The predicted molar refractivity (Wildman–Crippen MR) is 67.6 cm³/mol. The van der Waals surface area contributed by atoms with E-state index < -0.39 is 5.97 Å². The second-order valence-corrected chi connectivity index (χ2v) is 4.38. The molecule has 2 aromatic heterocycles. The van der Waals surface area contributed by atoms with Gasteiger partial charge in [0, 0.05) is 18.3 Å². The van der Waals surface area contributed by atoms with Crippen molar-refractivity contribution in [2.24, 2.45) is 0 Å². The molecule has 2 rings (SSSR count). The van der Waals surface area contributed by atoms with E-state index in [1.807, 2.05) is 10.9 Å². The van der Waals surface area contributed by atoms with Gasteiger partial charge in [-0.2, -0.15) is 0 Å². The van der Waals surface area contributed by atoms with Gasteiger partial charge in [0.1, 0.15) is 5.76 Å². The lowest BCUT2D eigenvalue weighted by atomic mass is 10.3. The van der Waals surface area contributed by atoms with Crippen molar-refractivity contribution in [2.75, 3.05) is 13.7 Å². The number of methoxy groups -OCH3 is 1. The van der Waals surface area contributed by atoms with Crippen LogP contribution < -0.4 is 5.32 Å². The summed E-state index contributed by atoms with van der Waals surface area (Å²) in [6, 6.07) is 3.38. The third kappa shape index (κ3) is 3.41. The number of aromatic nitrogens is 1. The number of nitrogens with one attached hydrogen (secondary N) is 1. The Kier molecular flexibility index (Phi) is 4.49. The van der Waals surface area contributed by atoms with Crippen LogP contribution in [0.4, 0.5) is 0 Å². The first kappa shape index (κ1) is 12.8. The molecule has 0 saturated carbocycles. The van der Waals surface area contributed by atoms with Gasteiger partial charge in [0.05, 0.1) is 24.9 Å². The average Bonchev–Trinajstić information content (AvgIpc) is 3.05.